The average molecular weight is 469 g/mol. The van der Waals surface area contributed by atoms with E-state index in [2.05, 4.69) is 0 Å². The fourth-order valence-corrected chi connectivity index (χ4v) is 4.76. The molecule has 1 aliphatic carbocycles. The van der Waals surface area contributed by atoms with Crippen molar-refractivity contribution in [1.82, 2.24) is 4.90 Å². The number of nitrogens with zero attached hydrogens (tertiary/aromatic N) is 2. The number of carbonyl (C=O) groups excluding carboxylic acids is 4. The lowest BCUT2D eigenvalue weighted by Crippen LogP contribution is -2.43. The normalized spacial score (nSPS) is 16.0. The number of para-hydroxylation sites is 1. The summed E-state index contributed by atoms with van der Waals surface area (Å²) in [5.74, 6) is -2.02. The molecule has 8 heteroatoms. The smallest absolute Gasteiger partial charge is 0.338 e. The average Bonchev–Trinajstić information content (AvgIpc) is 3.08. The molecule has 1 aliphatic heterocycles. The standard InChI is InChI=1S/C25H25ClN2O5/c1-2-27(17-8-4-3-5-9-17)22(29)15-33-25(32)16-12-13-18-19(14-16)24(31)28(23(18)30)21-11-7-6-10-20(21)26/h6-7,10-14,17H,2-5,8-9,15H2,1H3. The molecule has 0 radical (unpaired) electrons. The molecular formula is C25H25ClN2O5. The Kier molecular flexibility index (Phi) is 6.79. The quantitative estimate of drug-likeness (QED) is 0.461. The number of fused-ring (bicyclic) bond motifs is 1. The number of benzene rings is 2. The summed E-state index contributed by atoms with van der Waals surface area (Å²) in [7, 11) is 0. The summed E-state index contributed by atoms with van der Waals surface area (Å²) in [6.45, 7) is 2.12. The van der Waals surface area contributed by atoms with Crippen molar-refractivity contribution in [2.45, 2.75) is 45.1 Å². The molecule has 2 aromatic rings. The van der Waals surface area contributed by atoms with Crippen molar-refractivity contribution in [1.29, 1.82) is 0 Å². The lowest BCUT2D eigenvalue weighted by Gasteiger charge is -2.33. The molecule has 0 bridgehead atoms. The first-order valence-electron chi connectivity index (χ1n) is 11.2. The molecule has 0 unspecified atom stereocenters. The monoisotopic (exact) mass is 468 g/mol. The van der Waals surface area contributed by atoms with Crippen molar-refractivity contribution in [2.24, 2.45) is 0 Å². The molecule has 7 nitrogen and oxygen atoms in total. The number of ether oxygens (including phenoxy) is 1. The second-order valence-corrected chi connectivity index (χ2v) is 8.61. The van der Waals surface area contributed by atoms with Crippen LogP contribution in [0.5, 0.6) is 0 Å². The zero-order chi connectivity index (χ0) is 23.5. The van der Waals surface area contributed by atoms with E-state index in [1.807, 2.05) is 6.92 Å². The van der Waals surface area contributed by atoms with Crippen LogP contribution in [0.2, 0.25) is 5.02 Å². The van der Waals surface area contributed by atoms with Gasteiger partial charge in [0, 0.05) is 12.6 Å². The molecule has 0 spiro atoms. The number of anilines is 1. The van der Waals surface area contributed by atoms with Crippen LogP contribution in [0.15, 0.2) is 42.5 Å². The van der Waals surface area contributed by atoms with Gasteiger partial charge in [0.1, 0.15) is 0 Å². The molecule has 3 amide bonds. The summed E-state index contributed by atoms with van der Waals surface area (Å²) < 4.78 is 5.25. The molecule has 4 rings (SSSR count). The molecule has 1 saturated carbocycles. The predicted octanol–water partition coefficient (Wildman–Crippen LogP) is 4.48. The van der Waals surface area contributed by atoms with E-state index >= 15 is 0 Å². The molecule has 0 atom stereocenters. The fourth-order valence-electron chi connectivity index (χ4n) is 4.54. The molecule has 1 heterocycles. The van der Waals surface area contributed by atoms with E-state index in [9.17, 15) is 19.2 Å². The number of carbonyl (C=O) groups is 4. The summed E-state index contributed by atoms with van der Waals surface area (Å²) in [5, 5.41) is 0.267. The largest absolute Gasteiger partial charge is 0.452 e. The van der Waals surface area contributed by atoms with Crippen LogP contribution in [0.25, 0.3) is 0 Å². The Hall–Kier alpha value is -3.19. The Labute approximate surface area is 197 Å². The third-order valence-corrected chi connectivity index (χ3v) is 6.54. The first-order valence-corrected chi connectivity index (χ1v) is 11.5. The lowest BCUT2D eigenvalue weighted by atomic mass is 9.94. The minimum absolute atomic E-state index is 0.0955. The van der Waals surface area contributed by atoms with E-state index in [1.54, 1.807) is 29.2 Å². The SMILES string of the molecule is CCN(C(=O)COC(=O)c1ccc2c(c1)C(=O)N(c1ccccc1Cl)C2=O)C1CCCCC1. The van der Waals surface area contributed by atoms with Crippen molar-refractivity contribution in [2.75, 3.05) is 18.1 Å². The molecule has 0 saturated heterocycles. The Morgan fingerprint density at radius 2 is 1.73 bits per heavy atom. The van der Waals surface area contributed by atoms with E-state index in [0.29, 0.717) is 6.54 Å². The molecule has 0 aromatic heterocycles. The van der Waals surface area contributed by atoms with Gasteiger partial charge in [0.25, 0.3) is 17.7 Å². The molecule has 2 aromatic carbocycles. The van der Waals surface area contributed by atoms with Crippen molar-refractivity contribution in [3.63, 3.8) is 0 Å². The number of likely N-dealkylation sites (N-methyl/N-ethyl adjacent to an activating group) is 1. The summed E-state index contributed by atoms with van der Waals surface area (Å²) in [5.41, 5.74) is 0.659. The first-order chi connectivity index (χ1) is 15.9. The van der Waals surface area contributed by atoms with Crippen molar-refractivity contribution in [3.8, 4) is 0 Å². The van der Waals surface area contributed by atoms with Gasteiger partial charge in [-0.15, -0.1) is 0 Å². The summed E-state index contributed by atoms with van der Waals surface area (Å²) >= 11 is 6.17. The van der Waals surface area contributed by atoms with E-state index in [-0.39, 0.29) is 46.0 Å². The van der Waals surface area contributed by atoms with Gasteiger partial charge in [0.2, 0.25) is 0 Å². The van der Waals surface area contributed by atoms with Gasteiger partial charge in [-0.05, 0) is 50.1 Å². The first kappa shape index (κ1) is 23.0. The van der Waals surface area contributed by atoms with Gasteiger partial charge in [0.05, 0.1) is 27.4 Å². The highest BCUT2D eigenvalue weighted by atomic mass is 35.5. The van der Waals surface area contributed by atoms with Gasteiger partial charge >= 0.3 is 5.97 Å². The van der Waals surface area contributed by atoms with Crippen molar-refractivity contribution >= 4 is 41.0 Å². The van der Waals surface area contributed by atoms with Crippen LogP contribution in [0.4, 0.5) is 5.69 Å². The van der Waals surface area contributed by atoms with Gasteiger partial charge < -0.3 is 9.64 Å². The summed E-state index contributed by atoms with van der Waals surface area (Å²) in [4.78, 5) is 53.8. The molecule has 33 heavy (non-hydrogen) atoms. The zero-order valence-corrected chi connectivity index (χ0v) is 19.1. The predicted molar refractivity (Wildman–Crippen MR) is 124 cm³/mol. The van der Waals surface area contributed by atoms with Crippen LogP contribution in [0.1, 0.15) is 70.1 Å². The molecule has 1 fully saturated rings. The molecule has 0 N–H and O–H groups in total. The minimum Gasteiger partial charge on any atom is -0.452 e. The van der Waals surface area contributed by atoms with Crippen LogP contribution in [-0.2, 0) is 9.53 Å². The highest BCUT2D eigenvalue weighted by molar-refractivity contribution is 6.39. The maximum absolute atomic E-state index is 12.9. The summed E-state index contributed by atoms with van der Waals surface area (Å²) in [6.07, 6.45) is 5.32. The van der Waals surface area contributed by atoms with E-state index in [1.165, 1.54) is 24.6 Å². The minimum atomic E-state index is -0.720. The number of rotatable bonds is 6. The second-order valence-electron chi connectivity index (χ2n) is 8.21. The van der Waals surface area contributed by atoms with E-state index in [0.717, 1.165) is 30.6 Å². The number of hydrogen-bond acceptors (Lipinski definition) is 5. The molecule has 172 valence electrons. The maximum Gasteiger partial charge on any atom is 0.338 e. The third-order valence-electron chi connectivity index (χ3n) is 6.22. The zero-order valence-electron chi connectivity index (χ0n) is 18.4. The van der Waals surface area contributed by atoms with Crippen LogP contribution < -0.4 is 4.90 Å². The number of amides is 3. The second kappa shape index (κ2) is 9.75. The lowest BCUT2D eigenvalue weighted by molar-refractivity contribution is -0.137. The summed E-state index contributed by atoms with van der Waals surface area (Å²) in [6, 6.07) is 10.9. The highest BCUT2D eigenvalue weighted by Gasteiger charge is 2.38. The number of esters is 1. The topological polar surface area (TPSA) is 84.0 Å². The van der Waals surface area contributed by atoms with Crippen LogP contribution in [0, 0.1) is 0 Å². The van der Waals surface area contributed by atoms with Crippen LogP contribution in [0.3, 0.4) is 0 Å². The fraction of sp³-hybridized carbons (Fsp3) is 0.360. The number of imide groups is 1. The molecular weight excluding hydrogens is 444 g/mol. The van der Waals surface area contributed by atoms with Gasteiger partial charge in [-0.2, -0.15) is 0 Å². The Bertz CT molecular complexity index is 1110. The maximum atomic E-state index is 12.9. The van der Waals surface area contributed by atoms with Crippen LogP contribution >= 0.6 is 11.6 Å². The molecule has 2 aliphatic rings. The Morgan fingerprint density at radius 3 is 2.42 bits per heavy atom. The highest BCUT2D eigenvalue weighted by Crippen LogP contribution is 2.33. The van der Waals surface area contributed by atoms with E-state index < -0.39 is 17.8 Å². The Balaban J connectivity index is 1.46. The number of hydrogen-bond donors (Lipinski definition) is 0. The van der Waals surface area contributed by atoms with Crippen molar-refractivity contribution < 1.29 is 23.9 Å². The van der Waals surface area contributed by atoms with Gasteiger partial charge in [-0.25, -0.2) is 9.69 Å². The van der Waals surface area contributed by atoms with Gasteiger partial charge in [-0.3, -0.25) is 14.4 Å². The van der Waals surface area contributed by atoms with Crippen molar-refractivity contribution in [3.05, 3.63) is 64.2 Å². The Morgan fingerprint density at radius 1 is 1.03 bits per heavy atom. The van der Waals surface area contributed by atoms with Crippen LogP contribution in [-0.4, -0.2) is 47.8 Å². The number of halogens is 1. The van der Waals surface area contributed by atoms with Gasteiger partial charge in [0.15, 0.2) is 6.61 Å². The van der Waals surface area contributed by atoms with Gasteiger partial charge in [-0.1, -0.05) is 43.0 Å². The third kappa shape index (κ3) is 4.50. The van der Waals surface area contributed by atoms with E-state index in [4.69, 9.17) is 16.3 Å².